The maximum atomic E-state index is 5.76. The SMILES string of the molecule is CC1(C)OCC(CNC2CCCCC2)O1. The van der Waals surface area contributed by atoms with Gasteiger partial charge in [0.05, 0.1) is 12.7 Å². The smallest absolute Gasteiger partial charge is 0.163 e. The Morgan fingerprint density at radius 2 is 1.93 bits per heavy atom. The molecule has 1 aliphatic heterocycles. The Bertz CT molecular complexity index is 200. The molecule has 88 valence electrons. The average molecular weight is 213 g/mol. The number of hydrogen-bond acceptors (Lipinski definition) is 3. The third-order valence-electron chi connectivity index (χ3n) is 3.31. The van der Waals surface area contributed by atoms with E-state index >= 15 is 0 Å². The van der Waals surface area contributed by atoms with Gasteiger partial charge in [-0.2, -0.15) is 0 Å². The summed E-state index contributed by atoms with van der Waals surface area (Å²) in [5, 5.41) is 3.60. The monoisotopic (exact) mass is 213 g/mol. The Balaban J connectivity index is 1.65. The summed E-state index contributed by atoms with van der Waals surface area (Å²) in [7, 11) is 0. The van der Waals surface area contributed by atoms with Crippen molar-refractivity contribution in [2.45, 2.75) is 63.9 Å². The summed E-state index contributed by atoms with van der Waals surface area (Å²) in [6.07, 6.45) is 7.07. The quantitative estimate of drug-likeness (QED) is 0.778. The first-order valence-electron chi connectivity index (χ1n) is 6.21. The first-order chi connectivity index (χ1) is 7.16. The lowest BCUT2D eigenvalue weighted by Crippen LogP contribution is -2.38. The molecule has 1 aliphatic carbocycles. The molecule has 1 N–H and O–H groups in total. The molecule has 0 spiro atoms. The second kappa shape index (κ2) is 4.81. The van der Waals surface area contributed by atoms with E-state index in [0.29, 0.717) is 6.04 Å². The van der Waals surface area contributed by atoms with E-state index in [1.165, 1.54) is 32.1 Å². The van der Waals surface area contributed by atoms with E-state index in [1.807, 2.05) is 13.8 Å². The number of hydrogen-bond donors (Lipinski definition) is 1. The molecule has 0 bridgehead atoms. The normalized spacial score (nSPS) is 32.0. The minimum absolute atomic E-state index is 0.238. The van der Waals surface area contributed by atoms with Crippen molar-refractivity contribution in [1.29, 1.82) is 0 Å². The molecule has 0 amide bonds. The van der Waals surface area contributed by atoms with Crippen molar-refractivity contribution in [3.8, 4) is 0 Å². The van der Waals surface area contributed by atoms with Gasteiger partial charge in [0.1, 0.15) is 0 Å². The van der Waals surface area contributed by atoms with E-state index in [2.05, 4.69) is 5.32 Å². The van der Waals surface area contributed by atoms with Crippen molar-refractivity contribution in [3.05, 3.63) is 0 Å². The van der Waals surface area contributed by atoms with Gasteiger partial charge in [-0.3, -0.25) is 0 Å². The summed E-state index contributed by atoms with van der Waals surface area (Å²) in [5.74, 6) is -0.376. The molecule has 1 atom stereocenters. The molecule has 1 saturated heterocycles. The van der Waals surface area contributed by atoms with E-state index in [0.717, 1.165) is 13.2 Å². The Labute approximate surface area is 92.5 Å². The molecule has 1 unspecified atom stereocenters. The van der Waals surface area contributed by atoms with Crippen LogP contribution in [-0.4, -0.2) is 31.1 Å². The molecular weight excluding hydrogens is 190 g/mol. The maximum Gasteiger partial charge on any atom is 0.163 e. The lowest BCUT2D eigenvalue weighted by atomic mass is 9.95. The van der Waals surface area contributed by atoms with E-state index in [-0.39, 0.29) is 11.9 Å². The molecule has 0 radical (unpaired) electrons. The predicted molar refractivity (Wildman–Crippen MR) is 59.8 cm³/mol. The fraction of sp³-hybridized carbons (Fsp3) is 1.00. The van der Waals surface area contributed by atoms with E-state index < -0.39 is 0 Å². The third-order valence-corrected chi connectivity index (χ3v) is 3.31. The van der Waals surface area contributed by atoms with Crippen LogP contribution >= 0.6 is 0 Å². The lowest BCUT2D eigenvalue weighted by molar-refractivity contribution is -0.137. The Morgan fingerprint density at radius 3 is 2.53 bits per heavy atom. The highest BCUT2D eigenvalue weighted by Crippen LogP contribution is 2.22. The lowest BCUT2D eigenvalue weighted by Gasteiger charge is -2.24. The number of ether oxygens (including phenoxy) is 2. The van der Waals surface area contributed by atoms with Gasteiger partial charge in [0.15, 0.2) is 5.79 Å². The van der Waals surface area contributed by atoms with Crippen LogP contribution in [0.2, 0.25) is 0 Å². The van der Waals surface area contributed by atoms with Crippen molar-refractivity contribution in [3.63, 3.8) is 0 Å². The zero-order chi connectivity index (χ0) is 10.7. The molecule has 3 nitrogen and oxygen atoms in total. The largest absolute Gasteiger partial charge is 0.348 e. The molecule has 1 saturated carbocycles. The summed E-state index contributed by atoms with van der Waals surface area (Å²) in [5.41, 5.74) is 0. The molecule has 15 heavy (non-hydrogen) atoms. The van der Waals surface area contributed by atoms with E-state index in [4.69, 9.17) is 9.47 Å². The molecule has 1 heterocycles. The summed E-state index contributed by atoms with van der Waals surface area (Å²) in [6.45, 7) is 5.63. The molecule has 3 heteroatoms. The Kier molecular flexibility index (Phi) is 3.65. The molecular formula is C12H23NO2. The second-order valence-corrected chi connectivity index (χ2v) is 5.19. The zero-order valence-electron chi connectivity index (χ0n) is 9.92. The van der Waals surface area contributed by atoms with Gasteiger partial charge >= 0.3 is 0 Å². The van der Waals surface area contributed by atoms with Crippen LogP contribution in [0.15, 0.2) is 0 Å². The number of nitrogens with one attached hydrogen (secondary N) is 1. The summed E-state index contributed by atoms with van der Waals surface area (Å²) in [4.78, 5) is 0. The summed E-state index contributed by atoms with van der Waals surface area (Å²) >= 11 is 0. The van der Waals surface area contributed by atoms with Gasteiger partial charge < -0.3 is 14.8 Å². The van der Waals surface area contributed by atoms with Gasteiger partial charge in [0.2, 0.25) is 0 Å². The molecule has 0 aromatic heterocycles. The van der Waals surface area contributed by atoms with Gasteiger partial charge in [-0.15, -0.1) is 0 Å². The molecule has 0 aromatic carbocycles. The van der Waals surface area contributed by atoms with Gasteiger partial charge in [0, 0.05) is 12.6 Å². The standard InChI is InChI=1S/C12H23NO2/c1-12(2)14-9-11(15-12)8-13-10-6-4-3-5-7-10/h10-11,13H,3-9H2,1-2H3. The zero-order valence-corrected chi connectivity index (χ0v) is 9.92. The van der Waals surface area contributed by atoms with Gasteiger partial charge in [-0.1, -0.05) is 19.3 Å². The summed E-state index contributed by atoms with van der Waals surface area (Å²) < 4.78 is 11.3. The van der Waals surface area contributed by atoms with Gasteiger partial charge in [-0.05, 0) is 26.7 Å². The van der Waals surface area contributed by atoms with E-state index in [1.54, 1.807) is 0 Å². The summed E-state index contributed by atoms with van der Waals surface area (Å²) in [6, 6.07) is 0.714. The first-order valence-corrected chi connectivity index (χ1v) is 6.21. The topological polar surface area (TPSA) is 30.5 Å². The molecule has 0 aromatic rings. The minimum atomic E-state index is -0.376. The van der Waals surface area contributed by atoms with Crippen molar-refractivity contribution < 1.29 is 9.47 Å². The number of rotatable bonds is 3. The van der Waals surface area contributed by atoms with Crippen LogP contribution in [0.1, 0.15) is 46.0 Å². The first kappa shape index (κ1) is 11.4. The molecule has 2 rings (SSSR count). The van der Waals surface area contributed by atoms with Crippen molar-refractivity contribution >= 4 is 0 Å². The van der Waals surface area contributed by atoms with Crippen LogP contribution in [0.4, 0.5) is 0 Å². The third kappa shape index (κ3) is 3.44. The fourth-order valence-electron chi connectivity index (χ4n) is 2.47. The molecule has 2 fully saturated rings. The fourth-order valence-corrected chi connectivity index (χ4v) is 2.47. The van der Waals surface area contributed by atoms with Gasteiger partial charge in [0.25, 0.3) is 0 Å². The van der Waals surface area contributed by atoms with Crippen molar-refractivity contribution in [2.75, 3.05) is 13.2 Å². The van der Waals surface area contributed by atoms with Crippen LogP contribution in [0.3, 0.4) is 0 Å². The predicted octanol–water partition coefficient (Wildman–Crippen LogP) is 2.06. The Hall–Kier alpha value is -0.120. The average Bonchev–Trinajstić information content (AvgIpc) is 2.57. The van der Waals surface area contributed by atoms with Crippen LogP contribution in [0, 0.1) is 0 Å². The van der Waals surface area contributed by atoms with Crippen molar-refractivity contribution in [2.24, 2.45) is 0 Å². The van der Waals surface area contributed by atoms with Crippen molar-refractivity contribution in [1.82, 2.24) is 5.32 Å². The van der Waals surface area contributed by atoms with Crippen LogP contribution in [0.25, 0.3) is 0 Å². The Morgan fingerprint density at radius 1 is 1.20 bits per heavy atom. The highest BCUT2D eigenvalue weighted by molar-refractivity contribution is 4.77. The second-order valence-electron chi connectivity index (χ2n) is 5.19. The highest BCUT2D eigenvalue weighted by Gasteiger charge is 2.32. The molecule has 2 aliphatic rings. The van der Waals surface area contributed by atoms with Crippen LogP contribution in [0.5, 0.6) is 0 Å². The van der Waals surface area contributed by atoms with E-state index in [9.17, 15) is 0 Å². The minimum Gasteiger partial charge on any atom is -0.348 e. The highest BCUT2D eigenvalue weighted by atomic mass is 16.7. The van der Waals surface area contributed by atoms with Gasteiger partial charge in [-0.25, -0.2) is 0 Å². The van der Waals surface area contributed by atoms with Crippen LogP contribution < -0.4 is 5.32 Å². The maximum absolute atomic E-state index is 5.76. The van der Waals surface area contributed by atoms with Crippen LogP contribution in [-0.2, 0) is 9.47 Å².